The Labute approximate surface area is 86.8 Å². The molecular formula is C10H11FN4. The van der Waals surface area contributed by atoms with Crippen molar-refractivity contribution in [1.29, 1.82) is 0 Å². The van der Waals surface area contributed by atoms with Crippen LogP contribution in [0.15, 0.2) is 30.6 Å². The van der Waals surface area contributed by atoms with Crippen LogP contribution in [-0.2, 0) is 13.6 Å². The van der Waals surface area contributed by atoms with Gasteiger partial charge in [-0.2, -0.15) is 9.49 Å². The molecule has 0 aliphatic carbocycles. The number of aryl methyl sites for hydroxylation is 1. The first-order chi connectivity index (χ1) is 7.25. The molecule has 2 rings (SSSR count). The maximum absolute atomic E-state index is 12.7. The number of hydrogen-bond acceptors (Lipinski definition) is 3. The molecule has 0 bridgehead atoms. The van der Waals surface area contributed by atoms with Crippen LogP contribution < -0.4 is 5.32 Å². The number of nitrogens with one attached hydrogen (secondary N) is 1. The molecule has 0 fully saturated rings. The van der Waals surface area contributed by atoms with Crippen LogP contribution in [0.1, 0.15) is 5.69 Å². The fourth-order valence-electron chi connectivity index (χ4n) is 1.28. The zero-order valence-electron chi connectivity index (χ0n) is 8.31. The largest absolute Gasteiger partial charge is 0.379 e. The van der Waals surface area contributed by atoms with E-state index in [0.29, 0.717) is 12.2 Å². The Morgan fingerprint density at radius 2 is 2.27 bits per heavy atom. The summed E-state index contributed by atoms with van der Waals surface area (Å²) >= 11 is 0. The summed E-state index contributed by atoms with van der Waals surface area (Å²) in [5, 5.41) is 7.12. The van der Waals surface area contributed by atoms with E-state index < -0.39 is 5.95 Å². The second kappa shape index (κ2) is 4.08. The third kappa shape index (κ3) is 2.31. The smallest absolute Gasteiger partial charge is 0.214 e. The van der Waals surface area contributed by atoms with Gasteiger partial charge in [0.25, 0.3) is 0 Å². The summed E-state index contributed by atoms with van der Waals surface area (Å²) in [5.41, 5.74) is 1.75. The minimum absolute atomic E-state index is 0.481. The molecule has 0 aromatic carbocycles. The van der Waals surface area contributed by atoms with Gasteiger partial charge in [0.15, 0.2) is 0 Å². The molecule has 5 heteroatoms. The first-order valence-electron chi connectivity index (χ1n) is 4.58. The number of aromatic nitrogens is 3. The summed E-state index contributed by atoms with van der Waals surface area (Å²) in [6.45, 7) is 0.611. The van der Waals surface area contributed by atoms with Gasteiger partial charge in [0.2, 0.25) is 5.95 Å². The van der Waals surface area contributed by atoms with Gasteiger partial charge < -0.3 is 5.32 Å². The molecule has 2 aromatic rings. The third-order valence-corrected chi connectivity index (χ3v) is 2.12. The van der Waals surface area contributed by atoms with Crippen molar-refractivity contribution in [3.05, 3.63) is 42.2 Å². The van der Waals surface area contributed by atoms with Crippen LogP contribution in [0.25, 0.3) is 0 Å². The lowest BCUT2D eigenvalue weighted by Crippen LogP contribution is -2.05. The molecular weight excluding hydrogens is 195 g/mol. The van der Waals surface area contributed by atoms with Crippen molar-refractivity contribution in [2.75, 3.05) is 5.32 Å². The lowest BCUT2D eigenvalue weighted by molar-refractivity contribution is 0.584. The molecule has 0 amide bonds. The van der Waals surface area contributed by atoms with E-state index in [-0.39, 0.29) is 0 Å². The summed E-state index contributed by atoms with van der Waals surface area (Å²) in [7, 11) is 1.87. The molecule has 1 N–H and O–H groups in total. The average molecular weight is 206 g/mol. The number of anilines is 1. The normalized spacial score (nSPS) is 10.3. The highest BCUT2D eigenvalue weighted by Crippen LogP contribution is 2.08. The Morgan fingerprint density at radius 1 is 1.40 bits per heavy atom. The quantitative estimate of drug-likeness (QED) is 0.775. The zero-order chi connectivity index (χ0) is 10.7. The van der Waals surface area contributed by atoms with Gasteiger partial charge in [0.05, 0.1) is 12.2 Å². The molecule has 15 heavy (non-hydrogen) atoms. The van der Waals surface area contributed by atoms with E-state index in [1.165, 1.54) is 12.3 Å². The number of nitrogens with zero attached hydrogens (tertiary/aromatic N) is 3. The summed E-state index contributed by atoms with van der Waals surface area (Å²) in [4.78, 5) is 3.48. The van der Waals surface area contributed by atoms with Crippen molar-refractivity contribution in [1.82, 2.24) is 14.8 Å². The number of hydrogen-bond donors (Lipinski definition) is 1. The van der Waals surface area contributed by atoms with E-state index in [4.69, 9.17) is 0 Å². The van der Waals surface area contributed by atoms with Crippen LogP contribution >= 0.6 is 0 Å². The van der Waals surface area contributed by atoms with E-state index in [1.807, 2.05) is 13.1 Å². The zero-order valence-corrected chi connectivity index (χ0v) is 8.31. The summed E-state index contributed by atoms with van der Waals surface area (Å²) in [6.07, 6.45) is 3.16. The maximum Gasteiger partial charge on any atom is 0.214 e. The second-order valence-corrected chi connectivity index (χ2v) is 3.17. The van der Waals surface area contributed by atoms with Crippen LogP contribution in [0.5, 0.6) is 0 Å². The highest BCUT2D eigenvalue weighted by atomic mass is 19.1. The predicted molar refractivity (Wildman–Crippen MR) is 54.7 cm³/mol. The van der Waals surface area contributed by atoms with Crippen LogP contribution in [0.4, 0.5) is 10.1 Å². The van der Waals surface area contributed by atoms with E-state index in [0.717, 1.165) is 5.69 Å². The molecule has 0 unspecified atom stereocenters. The SMILES string of the molecule is Cn1nccc1CNc1ccnc(F)c1. The summed E-state index contributed by atoms with van der Waals surface area (Å²) < 4.78 is 14.5. The number of halogens is 1. The molecule has 0 radical (unpaired) electrons. The van der Waals surface area contributed by atoms with Gasteiger partial charge in [-0.3, -0.25) is 4.68 Å². The Hall–Kier alpha value is -1.91. The molecule has 2 aromatic heterocycles. The van der Waals surface area contributed by atoms with Crippen molar-refractivity contribution in [2.24, 2.45) is 7.05 Å². The Balaban J connectivity index is 2.02. The van der Waals surface area contributed by atoms with Gasteiger partial charge in [0, 0.05) is 31.2 Å². The fraction of sp³-hybridized carbons (Fsp3) is 0.200. The minimum atomic E-state index is -0.481. The average Bonchev–Trinajstić information content (AvgIpc) is 2.61. The van der Waals surface area contributed by atoms with Crippen LogP contribution in [-0.4, -0.2) is 14.8 Å². The number of pyridine rings is 1. The van der Waals surface area contributed by atoms with E-state index in [9.17, 15) is 4.39 Å². The molecule has 0 aliphatic rings. The second-order valence-electron chi connectivity index (χ2n) is 3.17. The van der Waals surface area contributed by atoms with Crippen LogP contribution in [0, 0.1) is 5.95 Å². The van der Waals surface area contributed by atoms with Crippen LogP contribution in [0.2, 0.25) is 0 Å². The van der Waals surface area contributed by atoms with Gasteiger partial charge in [-0.25, -0.2) is 4.98 Å². The minimum Gasteiger partial charge on any atom is -0.379 e. The summed E-state index contributed by atoms with van der Waals surface area (Å²) in [6, 6.07) is 4.99. The number of rotatable bonds is 3. The third-order valence-electron chi connectivity index (χ3n) is 2.12. The van der Waals surface area contributed by atoms with Crippen molar-refractivity contribution >= 4 is 5.69 Å². The molecule has 2 heterocycles. The monoisotopic (exact) mass is 206 g/mol. The topological polar surface area (TPSA) is 42.7 Å². The first-order valence-corrected chi connectivity index (χ1v) is 4.58. The molecule has 78 valence electrons. The van der Waals surface area contributed by atoms with Gasteiger partial charge >= 0.3 is 0 Å². The van der Waals surface area contributed by atoms with Crippen molar-refractivity contribution in [2.45, 2.75) is 6.54 Å². The van der Waals surface area contributed by atoms with Gasteiger partial charge in [-0.05, 0) is 12.1 Å². The van der Waals surface area contributed by atoms with E-state index in [2.05, 4.69) is 15.4 Å². The Morgan fingerprint density at radius 3 is 2.93 bits per heavy atom. The summed E-state index contributed by atoms with van der Waals surface area (Å²) in [5.74, 6) is -0.481. The van der Waals surface area contributed by atoms with Crippen LogP contribution in [0.3, 0.4) is 0 Å². The highest BCUT2D eigenvalue weighted by Gasteiger charge is 1.99. The predicted octanol–water partition coefficient (Wildman–Crippen LogP) is 1.57. The Bertz CT molecular complexity index is 452. The molecule has 0 atom stereocenters. The first kappa shape index (κ1) is 9.64. The fourth-order valence-corrected chi connectivity index (χ4v) is 1.28. The van der Waals surface area contributed by atoms with Crippen molar-refractivity contribution in [3.63, 3.8) is 0 Å². The van der Waals surface area contributed by atoms with Crippen molar-refractivity contribution < 1.29 is 4.39 Å². The van der Waals surface area contributed by atoms with Gasteiger partial charge in [0.1, 0.15) is 0 Å². The molecule has 0 saturated heterocycles. The molecule has 0 spiro atoms. The van der Waals surface area contributed by atoms with E-state index >= 15 is 0 Å². The van der Waals surface area contributed by atoms with Gasteiger partial charge in [-0.15, -0.1) is 0 Å². The molecule has 0 aliphatic heterocycles. The molecule has 0 saturated carbocycles. The lowest BCUT2D eigenvalue weighted by atomic mass is 10.3. The lowest BCUT2D eigenvalue weighted by Gasteiger charge is -2.05. The maximum atomic E-state index is 12.7. The van der Waals surface area contributed by atoms with Gasteiger partial charge in [-0.1, -0.05) is 0 Å². The molecule has 4 nitrogen and oxygen atoms in total. The highest BCUT2D eigenvalue weighted by molar-refractivity contribution is 5.41. The standard InChI is InChI=1S/C10H11FN4/c1-15-9(3-5-14-15)7-13-8-2-4-12-10(11)6-8/h2-6H,7H2,1H3,(H,12,13). The van der Waals surface area contributed by atoms with E-state index in [1.54, 1.807) is 16.9 Å². The van der Waals surface area contributed by atoms with Crippen molar-refractivity contribution in [3.8, 4) is 0 Å². The Kier molecular flexibility index (Phi) is 2.62.